The van der Waals surface area contributed by atoms with E-state index in [9.17, 15) is 19.5 Å². The van der Waals surface area contributed by atoms with E-state index in [0.29, 0.717) is 35.2 Å². The van der Waals surface area contributed by atoms with Gasteiger partial charge in [-0.1, -0.05) is 0 Å². The number of amides is 1. The minimum Gasteiger partial charge on any atom is -0.477 e. The first-order valence-corrected chi connectivity index (χ1v) is 10.8. The number of hydrogen-bond acceptors (Lipinski definition) is 9. The highest BCUT2D eigenvalue weighted by molar-refractivity contribution is 7.12. The van der Waals surface area contributed by atoms with Gasteiger partial charge in [0.25, 0.3) is 0 Å². The Kier molecular flexibility index (Phi) is 5.05. The van der Waals surface area contributed by atoms with Gasteiger partial charge in [0.1, 0.15) is 11.4 Å². The maximum absolute atomic E-state index is 12.9. The number of aromatic nitrogens is 5. The highest BCUT2D eigenvalue weighted by Crippen LogP contribution is 2.28. The second kappa shape index (κ2) is 8.06. The molecular weight excluding hydrogens is 446 g/mol. The summed E-state index contributed by atoms with van der Waals surface area (Å²) in [6.07, 6.45) is 5.95. The average Bonchev–Trinajstić information content (AvgIpc) is 3.28. The Morgan fingerprint density at radius 2 is 1.94 bits per heavy atom. The van der Waals surface area contributed by atoms with E-state index in [0.717, 1.165) is 0 Å². The van der Waals surface area contributed by atoms with Gasteiger partial charge in [-0.3, -0.25) is 19.5 Å². The number of rotatable bonds is 5. The van der Waals surface area contributed by atoms with E-state index in [1.54, 1.807) is 43.0 Å². The Morgan fingerprint density at radius 3 is 2.61 bits per heavy atom. The van der Waals surface area contributed by atoms with E-state index in [2.05, 4.69) is 25.3 Å². The van der Waals surface area contributed by atoms with E-state index in [1.807, 2.05) is 4.90 Å². The van der Waals surface area contributed by atoms with Gasteiger partial charge in [0.15, 0.2) is 10.8 Å². The number of carboxylic acids is 1. The van der Waals surface area contributed by atoms with Crippen molar-refractivity contribution in [3.05, 3.63) is 63.7 Å². The molecule has 5 heterocycles. The second-order valence-electron chi connectivity index (χ2n) is 7.52. The van der Waals surface area contributed by atoms with Crippen molar-refractivity contribution in [2.75, 3.05) is 23.3 Å². The largest absolute Gasteiger partial charge is 0.477 e. The predicted molar refractivity (Wildman–Crippen MR) is 121 cm³/mol. The van der Waals surface area contributed by atoms with E-state index < -0.39 is 11.4 Å². The van der Waals surface area contributed by atoms with Crippen molar-refractivity contribution in [2.45, 2.75) is 6.92 Å². The van der Waals surface area contributed by atoms with Crippen LogP contribution in [0.15, 0.2) is 47.1 Å². The maximum Gasteiger partial charge on any atom is 0.341 e. The van der Waals surface area contributed by atoms with Crippen LogP contribution in [0.25, 0.3) is 16.2 Å². The number of aromatic carboxylic acids is 1. The molecule has 1 amide bonds. The number of carboxylic acid groups (broad SMARTS) is 1. The lowest BCUT2D eigenvalue weighted by Gasteiger charge is -2.39. The third-order valence-electron chi connectivity index (χ3n) is 5.37. The van der Waals surface area contributed by atoms with Crippen LogP contribution in [0.3, 0.4) is 0 Å². The van der Waals surface area contributed by atoms with Crippen molar-refractivity contribution in [3.8, 4) is 5.13 Å². The van der Waals surface area contributed by atoms with Gasteiger partial charge in [0.05, 0.1) is 11.3 Å². The smallest absolute Gasteiger partial charge is 0.341 e. The molecule has 0 aromatic carbocycles. The second-order valence-corrected chi connectivity index (χ2v) is 8.39. The fourth-order valence-electron chi connectivity index (χ4n) is 3.68. The molecule has 1 saturated heterocycles. The molecule has 0 aliphatic carbocycles. The molecule has 0 unspecified atom stereocenters. The molecule has 33 heavy (non-hydrogen) atoms. The number of anilines is 2. The number of hydrogen-bond donors (Lipinski definition) is 2. The molecule has 2 N–H and O–H groups in total. The maximum atomic E-state index is 12.9. The normalized spacial score (nSPS) is 13.7. The van der Waals surface area contributed by atoms with Gasteiger partial charge in [-0.15, -0.1) is 11.3 Å². The molecule has 5 rings (SSSR count). The van der Waals surface area contributed by atoms with Gasteiger partial charge in [0.2, 0.25) is 17.3 Å². The minimum atomic E-state index is -1.31. The molecule has 11 nitrogen and oxygen atoms in total. The monoisotopic (exact) mass is 463 g/mol. The van der Waals surface area contributed by atoms with Gasteiger partial charge in [-0.25, -0.2) is 24.7 Å². The van der Waals surface area contributed by atoms with Gasteiger partial charge >= 0.3 is 5.97 Å². The number of aryl methyl sites for hydroxylation is 1. The van der Waals surface area contributed by atoms with Crippen LogP contribution in [0.2, 0.25) is 0 Å². The highest BCUT2D eigenvalue weighted by Gasteiger charge is 2.34. The van der Waals surface area contributed by atoms with Crippen LogP contribution in [-0.2, 0) is 4.79 Å². The summed E-state index contributed by atoms with van der Waals surface area (Å²) in [5, 5.41) is 14.7. The van der Waals surface area contributed by atoms with Crippen LogP contribution in [0.1, 0.15) is 15.9 Å². The molecule has 0 atom stereocenters. The van der Waals surface area contributed by atoms with Gasteiger partial charge < -0.3 is 10.0 Å². The Hall–Kier alpha value is -4.19. The van der Waals surface area contributed by atoms with Crippen molar-refractivity contribution < 1.29 is 14.7 Å². The molecule has 1 aliphatic heterocycles. The molecule has 0 spiro atoms. The first kappa shape index (κ1) is 20.7. The Balaban J connectivity index is 1.48. The van der Waals surface area contributed by atoms with E-state index in [1.165, 1.54) is 22.1 Å². The molecule has 0 saturated carbocycles. The van der Waals surface area contributed by atoms with Gasteiger partial charge in [-0.05, 0) is 24.6 Å². The summed E-state index contributed by atoms with van der Waals surface area (Å²) in [6.45, 7) is 2.61. The van der Waals surface area contributed by atoms with E-state index in [-0.39, 0.29) is 28.7 Å². The number of pyridine rings is 2. The highest BCUT2D eigenvalue weighted by atomic mass is 32.1. The number of carbonyl (C=O) groups is 2. The Bertz CT molecular complexity index is 1430. The quantitative estimate of drug-likeness (QED) is 0.452. The van der Waals surface area contributed by atoms with Crippen LogP contribution in [0.4, 0.5) is 11.8 Å². The lowest BCUT2D eigenvalue weighted by atomic mass is 9.98. The van der Waals surface area contributed by atoms with Crippen LogP contribution in [0.5, 0.6) is 0 Å². The lowest BCUT2D eigenvalue weighted by Crippen LogP contribution is -2.52. The molecule has 1 aliphatic rings. The molecule has 12 heteroatoms. The third-order valence-corrected chi connectivity index (χ3v) is 6.15. The number of thiazole rings is 1. The number of fused-ring (bicyclic) bond motifs is 1. The lowest BCUT2D eigenvalue weighted by molar-refractivity contribution is -0.120. The van der Waals surface area contributed by atoms with Crippen LogP contribution >= 0.6 is 11.3 Å². The summed E-state index contributed by atoms with van der Waals surface area (Å²) in [7, 11) is 0. The summed E-state index contributed by atoms with van der Waals surface area (Å²) >= 11 is 1.30. The molecule has 166 valence electrons. The first-order valence-electron chi connectivity index (χ1n) is 9.95. The molecule has 1 fully saturated rings. The number of nitrogens with zero attached hydrogens (tertiary/aromatic N) is 6. The molecule has 4 aromatic heterocycles. The zero-order valence-electron chi connectivity index (χ0n) is 17.3. The summed E-state index contributed by atoms with van der Waals surface area (Å²) in [5.41, 5.74) is -0.0238. The molecule has 0 radical (unpaired) electrons. The number of carbonyl (C=O) groups excluding carboxylic acids is 1. The van der Waals surface area contributed by atoms with Crippen LogP contribution < -0.4 is 15.6 Å². The Labute approximate surface area is 190 Å². The summed E-state index contributed by atoms with van der Waals surface area (Å²) in [6, 6.07) is 3.40. The topological polar surface area (TPSA) is 143 Å². The standard InChI is InChI=1S/C21H17N7O4S/c1-11-7-14(27-8-12(9-27)18(30)26-20-22-3-2-4-23-20)25-17-15(11)16(29)13(19(31)32)10-28(17)21-24-5-6-33-21/h2-7,10,12H,8-9H2,1H3,(H,31,32)(H,22,23,26,30). The van der Waals surface area contributed by atoms with Crippen molar-refractivity contribution in [3.63, 3.8) is 0 Å². The van der Waals surface area contributed by atoms with Crippen LogP contribution in [0, 0.1) is 12.8 Å². The fraction of sp³-hybridized carbons (Fsp3) is 0.190. The van der Waals surface area contributed by atoms with Crippen molar-refractivity contribution in [1.82, 2.24) is 24.5 Å². The zero-order chi connectivity index (χ0) is 23.1. The third kappa shape index (κ3) is 3.69. The SMILES string of the molecule is Cc1cc(N2CC(C(=O)Nc3ncccn3)C2)nc2c1c(=O)c(C(=O)O)cn2-c1nccs1. The molecule has 0 bridgehead atoms. The van der Waals surface area contributed by atoms with Gasteiger partial charge in [-0.2, -0.15) is 0 Å². The summed E-state index contributed by atoms with van der Waals surface area (Å²) in [4.78, 5) is 55.8. The van der Waals surface area contributed by atoms with Crippen molar-refractivity contribution in [2.24, 2.45) is 5.92 Å². The summed E-state index contributed by atoms with van der Waals surface area (Å²) < 4.78 is 1.53. The first-order chi connectivity index (χ1) is 15.9. The Morgan fingerprint density at radius 1 is 1.18 bits per heavy atom. The molecular formula is C21H17N7O4S. The summed E-state index contributed by atoms with van der Waals surface area (Å²) in [5.74, 6) is -0.910. The number of nitrogens with one attached hydrogen (secondary N) is 1. The van der Waals surface area contributed by atoms with Crippen molar-refractivity contribution in [1.29, 1.82) is 0 Å². The molecule has 4 aromatic rings. The zero-order valence-corrected chi connectivity index (χ0v) is 18.1. The predicted octanol–water partition coefficient (Wildman–Crippen LogP) is 1.71. The van der Waals surface area contributed by atoms with E-state index >= 15 is 0 Å². The minimum absolute atomic E-state index is 0.180. The van der Waals surface area contributed by atoms with Crippen LogP contribution in [-0.4, -0.2) is 54.6 Å². The van der Waals surface area contributed by atoms with Crippen molar-refractivity contribution >= 4 is 46.0 Å². The average molecular weight is 463 g/mol. The van der Waals surface area contributed by atoms with Gasteiger partial charge in [0, 0.05) is 43.3 Å². The van der Waals surface area contributed by atoms with E-state index in [4.69, 9.17) is 0 Å². The fourth-order valence-corrected chi connectivity index (χ4v) is 4.30.